The Bertz CT molecular complexity index is 281. The highest BCUT2D eigenvalue weighted by Crippen LogP contribution is 2.34. The number of rotatable bonds is 2. The van der Waals surface area contributed by atoms with Crippen LogP contribution in [0.1, 0.15) is 5.56 Å². The van der Waals surface area contributed by atoms with Crippen LogP contribution < -0.4 is 9.47 Å². The van der Waals surface area contributed by atoms with Gasteiger partial charge < -0.3 is 14.6 Å². The second kappa shape index (κ2) is 3.34. The molecule has 0 aliphatic heterocycles. The van der Waals surface area contributed by atoms with Crippen molar-refractivity contribution in [1.82, 2.24) is 0 Å². The lowest BCUT2D eigenvalue weighted by molar-refractivity contribution is 0.349. The Labute approximate surface area is 71.5 Å². The number of aromatic hydroxyl groups is 1. The van der Waals surface area contributed by atoms with Crippen LogP contribution in [-0.2, 0) is 0 Å². The Hall–Kier alpha value is -1.38. The number of phenols is 1. The minimum absolute atomic E-state index is 0.185. The SMILES string of the molecule is COc1cc(O)cc(C)c1OC. The standard InChI is InChI=1S/C9H12O3/c1-6-4-7(10)5-8(11-2)9(6)12-3/h4-5,10H,1-3H3. The third-order valence-corrected chi connectivity index (χ3v) is 1.65. The van der Waals surface area contributed by atoms with Gasteiger partial charge in [-0.3, -0.25) is 0 Å². The van der Waals surface area contributed by atoms with Crippen LogP contribution in [0.3, 0.4) is 0 Å². The highest BCUT2D eigenvalue weighted by atomic mass is 16.5. The quantitative estimate of drug-likeness (QED) is 0.730. The van der Waals surface area contributed by atoms with Crippen molar-refractivity contribution in [2.45, 2.75) is 6.92 Å². The van der Waals surface area contributed by atoms with E-state index in [1.165, 1.54) is 13.2 Å². The molecule has 0 saturated carbocycles. The average Bonchev–Trinajstić information content (AvgIpc) is 2.03. The van der Waals surface area contributed by atoms with Gasteiger partial charge in [-0.2, -0.15) is 0 Å². The molecule has 0 aromatic heterocycles. The molecule has 0 spiro atoms. The second-order valence-electron chi connectivity index (χ2n) is 2.50. The van der Waals surface area contributed by atoms with Gasteiger partial charge in [-0.15, -0.1) is 0 Å². The summed E-state index contributed by atoms with van der Waals surface area (Å²) in [5.41, 5.74) is 0.856. The molecule has 3 nitrogen and oxygen atoms in total. The summed E-state index contributed by atoms with van der Waals surface area (Å²) in [6.45, 7) is 1.85. The zero-order valence-corrected chi connectivity index (χ0v) is 7.42. The monoisotopic (exact) mass is 168 g/mol. The lowest BCUT2D eigenvalue weighted by Gasteiger charge is -2.10. The lowest BCUT2D eigenvalue weighted by Crippen LogP contribution is -1.92. The number of phenolic OH excluding ortho intramolecular Hbond substituents is 1. The van der Waals surface area contributed by atoms with Crippen LogP contribution in [0.5, 0.6) is 17.2 Å². The van der Waals surface area contributed by atoms with Crippen LogP contribution in [0.2, 0.25) is 0 Å². The smallest absolute Gasteiger partial charge is 0.164 e. The Kier molecular flexibility index (Phi) is 2.43. The van der Waals surface area contributed by atoms with Crippen LogP contribution in [-0.4, -0.2) is 19.3 Å². The van der Waals surface area contributed by atoms with E-state index >= 15 is 0 Å². The van der Waals surface area contributed by atoms with Crippen molar-refractivity contribution >= 4 is 0 Å². The van der Waals surface area contributed by atoms with Crippen LogP contribution in [0.15, 0.2) is 12.1 Å². The van der Waals surface area contributed by atoms with Crippen molar-refractivity contribution in [1.29, 1.82) is 0 Å². The molecule has 0 bridgehead atoms. The van der Waals surface area contributed by atoms with Crippen molar-refractivity contribution in [3.63, 3.8) is 0 Å². The summed E-state index contributed by atoms with van der Waals surface area (Å²) in [6, 6.07) is 3.15. The molecule has 3 heteroatoms. The summed E-state index contributed by atoms with van der Waals surface area (Å²) in [5, 5.41) is 9.21. The minimum atomic E-state index is 0.185. The summed E-state index contributed by atoms with van der Waals surface area (Å²) in [5.74, 6) is 1.40. The van der Waals surface area contributed by atoms with Crippen LogP contribution >= 0.6 is 0 Å². The molecule has 1 aromatic rings. The highest BCUT2D eigenvalue weighted by molar-refractivity contribution is 5.50. The van der Waals surface area contributed by atoms with Gasteiger partial charge in [0.2, 0.25) is 0 Å². The molecule has 0 aliphatic rings. The van der Waals surface area contributed by atoms with Gasteiger partial charge >= 0.3 is 0 Å². The summed E-state index contributed by atoms with van der Waals surface area (Å²) in [6.07, 6.45) is 0. The summed E-state index contributed by atoms with van der Waals surface area (Å²) >= 11 is 0. The van der Waals surface area contributed by atoms with Crippen LogP contribution in [0.25, 0.3) is 0 Å². The Morgan fingerprint density at radius 2 is 1.83 bits per heavy atom. The molecule has 0 radical (unpaired) electrons. The number of benzene rings is 1. The van der Waals surface area contributed by atoms with E-state index in [-0.39, 0.29) is 5.75 Å². The van der Waals surface area contributed by atoms with Gasteiger partial charge in [0, 0.05) is 6.07 Å². The Morgan fingerprint density at radius 3 is 2.33 bits per heavy atom. The molecule has 0 unspecified atom stereocenters. The zero-order valence-electron chi connectivity index (χ0n) is 7.42. The maximum Gasteiger partial charge on any atom is 0.164 e. The van der Waals surface area contributed by atoms with Crippen LogP contribution in [0.4, 0.5) is 0 Å². The Morgan fingerprint density at radius 1 is 1.17 bits per heavy atom. The van der Waals surface area contributed by atoms with E-state index in [0.29, 0.717) is 11.5 Å². The van der Waals surface area contributed by atoms with Crippen molar-refractivity contribution in [2.75, 3.05) is 14.2 Å². The van der Waals surface area contributed by atoms with Gasteiger partial charge in [-0.1, -0.05) is 0 Å². The van der Waals surface area contributed by atoms with Gasteiger partial charge in [0.05, 0.1) is 14.2 Å². The van der Waals surface area contributed by atoms with Crippen molar-refractivity contribution in [2.24, 2.45) is 0 Å². The van der Waals surface area contributed by atoms with E-state index in [9.17, 15) is 5.11 Å². The minimum Gasteiger partial charge on any atom is -0.508 e. The first-order valence-electron chi connectivity index (χ1n) is 3.60. The number of methoxy groups -OCH3 is 2. The number of aryl methyl sites for hydroxylation is 1. The van der Waals surface area contributed by atoms with Crippen LogP contribution in [0, 0.1) is 6.92 Å². The molecule has 1 rings (SSSR count). The predicted molar refractivity (Wildman–Crippen MR) is 45.9 cm³/mol. The molecule has 1 aromatic carbocycles. The fourth-order valence-electron chi connectivity index (χ4n) is 1.14. The maximum atomic E-state index is 9.21. The van der Waals surface area contributed by atoms with Gasteiger partial charge in [-0.25, -0.2) is 0 Å². The third kappa shape index (κ3) is 1.44. The number of hydrogen-bond donors (Lipinski definition) is 1. The van der Waals surface area contributed by atoms with E-state index in [1.807, 2.05) is 6.92 Å². The molecule has 0 fully saturated rings. The van der Waals surface area contributed by atoms with Crippen molar-refractivity contribution < 1.29 is 14.6 Å². The second-order valence-corrected chi connectivity index (χ2v) is 2.50. The largest absolute Gasteiger partial charge is 0.508 e. The number of hydrogen-bond acceptors (Lipinski definition) is 3. The lowest BCUT2D eigenvalue weighted by atomic mass is 10.2. The third-order valence-electron chi connectivity index (χ3n) is 1.65. The molecule has 12 heavy (non-hydrogen) atoms. The van der Waals surface area contributed by atoms with Gasteiger partial charge in [0.25, 0.3) is 0 Å². The summed E-state index contributed by atoms with van der Waals surface area (Å²) < 4.78 is 10.1. The van der Waals surface area contributed by atoms with E-state index in [4.69, 9.17) is 9.47 Å². The zero-order chi connectivity index (χ0) is 9.14. The maximum absolute atomic E-state index is 9.21. The molecule has 0 aliphatic carbocycles. The first-order chi connectivity index (χ1) is 5.69. The fraction of sp³-hybridized carbons (Fsp3) is 0.333. The summed E-state index contributed by atoms with van der Waals surface area (Å²) in [7, 11) is 3.11. The predicted octanol–water partition coefficient (Wildman–Crippen LogP) is 1.72. The molecule has 1 N–H and O–H groups in total. The molecule has 0 amide bonds. The van der Waals surface area contributed by atoms with E-state index in [1.54, 1.807) is 13.2 Å². The molecule has 0 saturated heterocycles. The van der Waals surface area contributed by atoms with E-state index in [0.717, 1.165) is 5.56 Å². The Balaban J connectivity index is 3.24. The molecule has 0 heterocycles. The van der Waals surface area contributed by atoms with Gasteiger partial charge in [0.15, 0.2) is 11.5 Å². The fourth-order valence-corrected chi connectivity index (χ4v) is 1.14. The highest BCUT2D eigenvalue weighted by Gasteiger charge is 2.07. The first-order valence-corrected chi connectivity index (χ1v) is 3.60. The van der Waals surface area contributed by atoms with Gasteiger partial charge in [0.1, 0.15) is 5.75 Å². The first kappa shape index (κ1) is 8.71. The van der Waals surface area contributed by atoms with Crippen molar-refractivity contribution in [3.8, 4) is 17.2 Å². The number of ether oxygens (including phenoxy) is 2. The van der Waals surface area contributed by atoms with E-state index in [2.05, 4.69) is 0 Å². The van der Waals surface area contributed by atoms with E-state index < -0.39 is 0 Å². The molecular weight excluding hydrogens is 156 g/mol. The average molecular weight is 168 g/mol. The molecular formula is C9H12O3. The molecule has 0 atom stereocenters. The topological polar surface area (TPSA) is 38.7 Å². The normalized spacial score (nSPS) is 9.58. The summed E-state index contributed by atoms with van der Waals surface area (Å²) in [4.78, 5) is 0. The van der Waals surface area contributed by atoms with Crippen molar-refractivity contribution in [3.05, 3.63) is 17.7 Å². The van der Waals surface area contributed by atoms with Gasteiger partial charge in [-0.05, 0) is 18.6 Å². The molecule has 66 valence electrons.